The van der Waals surface area contributed by atoms with Crippen molar-refractivity contribution in [3.05, 3.63) is 65.7 Å². The van der Waals surface area contributed by atoms with Gasteiger partial charge in [0, 0.05) is 23.4 Å². The molecule has 3 heterocycles. The van der Waals surface area contributed by atoms with Gasteiger partial charge in [-0.1, -0.05) is 51.3 Å². The molecule has 2 aliphatic rings. The van der Waals surface area contributed by atoms with E-state index in [1.807, 2.05) is 41.2 Å². The average molecular weight is 556 g/mol. The van der Waals surface area contributed by atoms with Gasteiger partial charge < -0.3 is 10.1 Å². The fourth-order valence-electron chi connectivity index (χ4n) is 6.00. The van der Waals surface area contributed by atoms with Gasteiger partial charge in [0.25, 0.3) is 0 Å². The lowest BCUT2D eigenvalue weighted by atomic mass is 9.92. The molecule has 2 amide bonds. The van der Waals surface area contributed by atoms with Gasteiger partial charge in [0.05, 0.1) is 23.7 Å². The maximum atomic E-state index is 13.1. The van der Waals surface area contributed by atoms with E-state index < -0.39 is 0 Å². The van der Waals surface area contributed by atoms with E-state index in [1.165, 1.54) is 31.2 Å². The first kappa shape index (κ1) is 27.3. The molecular weight excluding hydrogens is 514 g/mol. The minimum Gasteiger partial charge on any atom is -0.489 e. The highest BCUT2D eigenvalue weighted by Crippen LogP contribution is 2.34. The maximum Gasteiger partial charge on any atom is 0.320 e. The number of ether oxygens (including phenoxy) is 1. The molecule has 0 radical (unpaired) electrons. The molecule has 3 aromatic heterocycles. The standard InChI is InChI=1S/C32H41N7O2/c1-21-9-13-24(14-10-21)39-29(19-27(37-39)32(2,3)4)34-31(40)33-23-11-15-25(16-12-23)41-26-17-18-28-35-36-30(38(28)20-26)22-7-5-6-8-22/h9-10,13-14,17-20,22-23,25H,5-8,11-12,15-16H2,1-4H3,(H2,33,34,40). The Morgan fingerprint density at radius 2 is 1.68 bits per heavy atom. The van der Waals surface area contributed by atoms with Gasteiger partial charge in [-0.2, -0.15) is 5.10 Å². The molecule has 4 aromatic rings. The van der Waals surface area contributed by atoms with Crippen LogP contribution in [0.2, 0.25) is 0 Å². The number of aromatic nitrogens is 5. The zero-order valence-electron chi connectivity index (χ0n) is 24.6. The summed E-state index contributed by atoms with van der Waals surface area (Å²) >= 11 is 0. The van der Waals surface area contributed by atoms with Gasteiger partial charge in [0.15, 0.2) is 5.65 Å². The summed E-state index contributed by atoms with van der Waals surface area (Å²) in [5, 5.41) is 19.9. The van der Waals surface area contributed by atoms with E-state index in [0.29, 0.717) is 11.7 Å². The number of pyridine rings is 1. The minimum absolute atomic E-state index is 0.0991. The van der Waals surface area contributed by atoms with E-state index in [9.17, 15) is 4.79 Å². The van der Waals surface area contributed by atoms with E-state index in [-0.39, 0.29) is 23.6 Å². The zero-order chi connectivity index (χ0) is 28.6. The lowest BCUT2D eigenvalue weighted by Gasteiger charge is -2.29. The molecule has 41 heavy (non-hydrogen) atoms. The largest absolute Gasteiger partial charge is 0.489 e. The van der Waals surface area contributed by atoms with Crippen LogP contribution < -0.4 is 15.4 Å². The first-order chi connectivity index (χ1) is 19.7. The number of hydrogen-bond acceptors (Lipinski definition) is 5. The molecule has 2 fully saturated rings. The molecule has 0 spiro atoms. The average Bonchev–Trinajstić information content (AvgIpc) is 3.70. The van der Waals surface area contributed by atoms with Crippen LogP contribution in [0.25, 0.3) is 11.3 Å². The fourth-order valence-corrected chi connectivity index (χ4v) is 6.00. The second-order valence-electron chi connectivity index (χ2n) is 12.7. The Labute approximate surface area is 241 Å². The summed E-state index contributed by atoms with van der Waals surface area (Å²) in [4.78, 5) is 13.1. The van der Waals surface area contributed by atoms with E-state index in [4.69, 9.17) is 9.84 Å². The third kappa shape index (κ3) is 6.09. The van der Waals surface area contributed by atoms with Crippen LogP contribution in [0.1, 0.15) is 95.1 Å². The monoisotopic (exact) mass is 555 g/mol. The Morgan fingerprint density at radius 1 is 0.951 bits per heavy atom. The predicted molar refractivity (Wildman–Crippen MR) is 160 cm³/mol. The molecule has 2 aliphatic carbocycles. The Kier molecular flexibility index (Phi) is 7.45. The summed E-state index contributed by atoms with van der Waals surface area (Å²) < 4.78 is 10.3. The van der Waals surface area contributed by atoms with E-state index in [1.54, 1.807) is 0 Å². The van der Waals surface area contributed by atoms with E-state index in [2.05, 4.69) is 65.1 Å². The number of nitrogens with one attached hydrogen (secondary N) is 2. The van der Waals surface area contributed by atoms with Crippen LogP contribution in [-0.2, 0) is 5.41 Å². The Morgan fingerprint density at radius 3 is 2.39 bits per heavy atom. The van der Waals surface area contributed by atoms with Crippen molar-refractivity contribution in [1.29, 1.82) is 0 Å². The van der Waals surface area contributed by atoms with Crippen LogP contribution >= 0.6 is 0 Å². The lowest BCUT2D eigenvalue weighted by molar-refractivity contribution is 0.140. The Hall–Kier alpha value is -3.88. The highest BCUT2D eigenvalue weighted by atomic mass is 16.5. The lowest BCUT2D eigenvalue weighted by Crippen LogP contribution is -2.42. The number of carbonyl (C=O) groups is 1. The van der Waals surface area contributed by atoms with E-state index in [0.717, 1.165) is 54.3 Å². The van der Waals surface area contributed by atoms with Gasteiger partial charge >= 0.3 is 6.03 Å². The first-order valence-electron chi connectivity index (χ1n) is 15.0. The quantitative estimate of drug-likeness (QED) is 0.276. The van der Waals surface area contributed by atoms with Gasteiger partial charge in [0.2, 0.25) is 0 Å². The molecule has 9 nitrogen and oxygen atoms in total. The zero-order valence-corrected chi connectivity index (χ0v) is 24.6. The van der Waals surface area contributed by atoms with Crippen molar-refractivity contribution in [3.8, 4) is 11.4 Å². The highest BCUT2D eigenvalue weighted by molar-refractivity contribution is 5.89. The number of hydrogen-bond donors (Lipinski definition) is 2. The van der Waals surface area contributed by atoms with Crippen molar-refractivity contribution in [2.24, 2.45) is 0 Å². The first-order valence-corrected chi connectivity index (χ1v) is 15.0. The van der Waals surface area contributed by atoms with Crippen LogP contribution in [0.5, 0.6) is 5.75 Å². The number of anilines is 1. The van der Waals surface area contributed by atoms with Crippen molar-refractivity contribution in [2.75, 3.05) is 5.32 Å². The number of benzene rings is 1. The summed E-state index contributed by atoms with van der Waals surface area (Å²) in [6.07, 6.45) is 10.6. The number of nitrogens with zero attached hydrogens (tertiary/aromatic N) is 5. The number of urea groups is 1. The molecule has 0 atom stereocenters. The van der Waals surface area contributed by atoms with Crippen LogP contribution in [0, 0.1) is 6.92 Å². The van der Waals surface area contributed by atoms with Crippen molar-refractivity contribution in [3.63, 3.8) is 0 Å². The number of fused-ring (bicyclic) bond motifs is 1. The summed E-state index contributed by atoms with van der Waals surface area (Å²) in [5.41, 5.74) is 3.75. The van der Waals surface area contributed by atoms with Crippen molar-refractivity contribution in [2.45, 2.75) is 103 Å². The van der Waals surface area contributed by atoms with Crippen LogP contribution in [0.15, 0.2) is 48.7 Å². The molecule has 0 saturated heterocycles. The molecule has 0 bridgehead atoms. The highest BCUT2D eigenvalue weighted by Gasteiger charge is 2.26. The van der Waals surface area contributed by atoms with E-state index >= 15 is 0 Å². The Bertz CT molecular complexity index is 1500. The molecule has 0 unspecified atom stereocenters. The molecule has 1 aromatic carbocycles. The summed E-state index contributed by atoms with van der Waals surface area (Å²) in [6, 6.07) is 14.0. The molecule has 9 heteroatoms. The summed E-state index contributed by atoms with van der Waals surface area (Å²) in [5.74, 6) is 3.06. The van der Waals surface area contributed by atoms with Crippen LogP contribution in [0.4, 0.5) is 10.6 Å². The number of carbonyl (C=O) groups excluding carboxylic acids is 1. The van der Waals surface area contributed by atoms with Gasteiger partial charge in [0.1, 0.15) is 17.4 Å². The third-order valence-corrected chi connectivity index (χ3v) is 8.43. The number of amides is 2. The van der Waals surface area contributed by atoms with Crippen LogP contribution in [0.3, 0.4) is 0 Å². The van der Waals surface area contributed by atoms with Gasteiger partial charge in [-0.25, -0.2) is 9.48 Å². The predicted octanol–water partition coefficient (Wildman–Crippen LogP) is 6.69. The second kappa shape index (κ2) is 11.2. The Balaban J connectivity index is 1.06. The normalized spacial score (nSPS) is 19.9. The van der Waals surface area contributed by atoms with Gasteiger partial charge in [-0.05, 0) is 69.7 Å². The second-order valence-corrected chi connectivity index (χ2v) is 12.7. The fraction of sp³-hybridized carbons (Fsp3) is 0.500. The number of rotatable bonds is 6. The molecule has 2 saturated carbocycles. The minimum atomic E-state index is -0.208. The molecule has 216 valence electrons. The number of aryl methyl sites for hydroxylation is 1. The molecular formula is C32H41N7O2. The summed E-state index contributed by atoms with van der Waals surface area (Å²) in [7, 11) is 0. The van der Waals surface area contributed by atoms with Crippen LogP contribution in [-0.4, -0.2) is 42.6 Å². The smallest absolute Gasteiger partial charge is 0.320 e. The summed E-state index contributed by atoms with van der Waals surface area (Å²) in [6.45, 7) is 8.43. The molecule has 0 aliphatic heterocycles. The molecule has 6 rings (SSSR count). The third-order valence-electron chi connectivity index (χ3n) is 8.43. The SMILES string of the molecule is Cc1ccc(-n2nc(C(C)(C)C)cc2NC(=O)NC2CCC(Oc3ccc4nnc(C5CCCC5)n4c3)CC2)cc1. The van der Waals surface area contributed by atoms with Crippen molar-refractivity contribution < 1.29 is 9.53 Å². The van der Waals surface area contributed by atoms with Gasteiger partial charge in [-0.3, -0.25) is 9.72 Å². The molecule has 2 N–H and O–H groups in total. The van der Waals surface area contributed by atoms with Crippen molar-refractivity contribution >= 4 is 17.5 Å². The maximum absolute atomic E-state index is 13.1. The van der Waals surface area contributed by atoms with Gasteiger partial charge in [-0.15, -0.1) is 10.2 Å². The topological polar surface area (TPSA) is 98.4 Å². The van der Waals surface area contributed by atoms with Crippen molar-refractivity contribution in [1.82, 2.24) is 29.7 Å².